The Kier molecular flexibility index (Phi) is 5.08. The number of carbonyl (C=O) groups is 2. The van der Waals surface area contributed by atoms with Gasteiger partial charge in [0.15, 0.2) is 11.5 Å². The van der Waals surface area contributed by atoms with E-state index in [0.29, 0.717) is 26.2 Å². The highest BCUT2D eigenvalue weighted by Crippen LogP contribution is 2.29. The molecule has 1 unspecified atom stereocenters. The molecule has 0 aliphatic carbocycles. The molecule has 0 bridgehead atoms. The van der Waals surface area contributed by atoms with Crippen LogP contribution in [0.1, 0.15) is 19.8 Å². The minimum Gasteiger partial charge on any atom is -0.490 e. The summed E-state index contributed by atoms with van der Waals surface area (Å²) < 4.78 is 11.6. The summed E-state index contributed by atoms with van der Waals surface area (Å²) in [6.45, 7) is 4.15. The molecular weight excluding hydrogens is 310 g/mol. The van der Waals surface area contributed by atoms with E-state index in [9.17, 15) is 9.59 Å². The van der Waals surface area contributed by atoms with Crippen LogP contribution in [0.3, 0.4) is 0 Å². The van der Waals surface area contributed by atoms with Crippen LogP contribution in [0, 0.1) is 0 Å². The number of piperidine rings is 1. The first-order valence-corrected chi connectivity index (χ1v) is 8.39. The largest absolute Gasteiger partial charge is 0.490 e. The maximum atomic E-state index is 12.4. The van der Waals surface area contributed by atoms with Gasteiger partial charge in [0.05, 0.1) is 6.61 Å². The number of urea groups is 1. The molecular formula is C17H23N3O4. The molecule has 0 radical (unpaired) electrons. The highest BCUT2D eigenvalue weighted by molar-refractivity contribution is 5.90. The van der Waals surface area contributed by atoms with Gasteiger partial charge < -0.3 is 25.0 Å². The molecule has 24 heavy (non-hydrogen) atoms. The molecule has 2 aliphatic heterocycles. The molecule has 2 fully saturated rings. The molecule has 3 amide bonds. The Bertz CT molecular complexity index is 599. The van der Waals surface area contributed by atoms with Crippen LogP contribution in [-0.2, 0) is 4.79 Å². The molecule has 1 aromatic rings. The predicted octanol–water partition coefficient (Wildman–Crippen LogP) is 1.14. The molecule has 1 atom stereocenters. The van der Waals surface area contributed by atoms with Crippen molar-refractivity contribution in [3.63, 3.8) is 0 Å². The van der Waals surface area contributed by atoms with Crippen molar-refractivity contribution in [1.29, 1.82) is 0 Å². The van der Waals surface area contributed by atoms with Gasteiger partial charge in [0.25, 0.3) is 0 Å². The number of benzene rings is 1. The standard InChI is InChI=1S/C17H23N3O4/c1-2-23-14-5-3-4-6-15(14)24-12-7-9-20(10-8-12)16(21)13-11-18-17(22)19-13/h3-6,12-13H,2,7-11H2,1H3,(H2,18,19,22). The van der Waals surface area contributed by atoms with E-state index >= 15 is 0 Å². The summed E-state index contributed by atoms with van der Waals surface area (Å²) in [7, 11) is 0. The van der Waals surface area contributed by atoms with Gasteiger partial charge in [-0.2, -0.15) is 0 Å². The van der Waals surface area contributed by atoms with Crippen LogP contribution in [0.25, 0.3) is 0 Å². The number of para-hydroxylation sites is 2. The molecule has 0 saturated carbocycles. The summed E-state index contributed by atoms with van der Waals surface area (Å²) in [5, 5.41) is 5.25. The van der Waals surface area contributed by atoms with Gasteiger partial charge >= 0.3 is 6.03 Å². The Labute approximate surface area is 141 Å². The molecule has 3 rings (SSSR count). The maximum Gasteiger partial charge on any atom is 0.315 e. The average molecular weight is 333 g/mol. The van der Waals surface area contributed by atoms with Crippen LogP contribution in [-0.4, -0.2) is 55.2 Å². The van der Waals surface area contributed by atoms with E-state index in [4.69, 9.17) is 9.47 Å². The van der Waals surface area contributed by atoms with Crippen molar-refractivity contribution in [3.8, 4) is 11.5 Å². The fourth-order valence-electron chi connectivity index (χ4n) is 3.02. The van der Waals surface area contributed by atoms with Crippen LogP contribution in [0.2, 0.25) is 0 Å². The monoisotopic (exact) mass is 333 g/mol. The van der Waals surface area contributed by atoms with E-state index in [1.165, 1.54) is 0 Å². The average Bonchev–Trinajstić information content (AvgIpc) is 3.03. The molecule has 2 aliphatic rings. The summed E-state index contributed by atoms with van der Waals surface area (Å²) in [6, 6.07) is 6.91. The first-order valence-electron chi connectivity index (χ1n) is 8.39. The van der Waals surface area contributed by atoms with Crippen molar-refractivity contribution >= 4 is 11.9 Å². The second kappa shape index (κ2) is 7.42. The van der Waals surface area contributed by atoms with Gasteiger partial charge in [-0.15, -0.1) is 0 Å². The summed E-state index contributed by atoms with van der Waals surface area (Å²) in [4.78, 5) is 25.3. The molecule has 0 spiro atoms. The zero-order valence-corrected chi connectivity index (χ0v) is 13.8. The molecule has 130 valence electrons. The van der Waals surface area contributed by atoms with Crippen molar-refractivity contribution in [3.05, 3.63) is 24.3 Å². The Morgan fingerprint density at radius 2 is 1.96 bits per heavy atom. The minimum atomic E-state index is -0.450. The Morgan fingerprint density at radius 1 is 1.25 bits per heavy atom. The van der Waals surface area contributed by atoms with E-state index < -0.39 is 6.04 Å². The van der Waals surface area contributed by atoms with Crippen molar-refractivity contribution in [2.45, 2.75) is 31.9 Å². The second-order valence-electron chi connectivity index (χ2n) is 5.93. The van der Waals surface area contributed by atoms with Gasteiger partial charge in [-0.25, -0.2) is 4.79 Å². The Morgan fingerprint density at radius 3 is 2.58 bits per heavy atom. The fraction of sp³-hybridized carbons (Fsp3) is 0.529. The topological polar surface area (TPSA) is 79.9 Å². The lowest BCUT2D eigenvalue weighted by molar-refractivity contribution is -0.134. The van der Waals surface area contributed by atoms with E-state index in [1.54, 1.807) is 4.90 Å². The van der Waals surface area contributed by atoms with E-state index in [1.807, 2.05) is 31.2 Å². The third kappa shape index (κ3) is 3.72. The van der Waals surface area contributed by atoms with Gasteiger partial charge in [0, 0.05) is 32.5 Å². The smallest absolute Gasteiger partial charge is 0.315 e. The number of nitrogens with one attached hydrogen (secondary N) is 2. The van der Waals surface area contributed by atoms with Crippen LogP contribution < -0.4 is 20.1 Å². The van der Waals surface area contributed by atoms with Crippen LogP contribution in [0.4, 0.5) is 4.79 Å². The molecule has 2 saturated heterocycles. The quantitative estimate of drug-likeness (QED) is 0.847. The van der Waals surface area contributed by atoms with Gasteiger partial charge in [0.2, 0.25) is 5.91 Å². The molecule has 7 nitrogen and oxygen atoms in total. The molecule has 2 heterocycles. The van der Waals surface area contributed by atoms with Gasteiger partial charge in [-0.1, -0.05) is 12.1 Å². The number of amides is 3. The lowest BCUT2D eigenvalue weighted by atomic mass is 10.1. The lowest BCUT2D eigenvalue weighted by Crippen LogP contribution is -2.49. The van der Waals surface area contributed by atoms with Crippen molar-refractivity contribution in [2.24, 2.45) is 0 Å². The highest BCUT2D eigenvalue weighted by atomic mass is 16.5. The fourth-order valence-corrected chi connectivity index (χ4v) is 3.02. The zero-order valence-electron chi connectivity index (χ0n) is 13.8. The minimum absolute atomic E-state index is 0.0264. The van der Waals surface area contributed by atoms with Crippen molar-refractivity contribution < 1.29 is 19.1 Å². The summed E-state index contributed by atoms with van der Waals surface area (Å²) in [6.07, 6.45) is 1.59. The molecule has 2 N–H and O–H groups in total. The molecule has 7 heteroatoms. The second-order valence-corrected chi connectivity index (χ2v) is 5.93. The lowest BCUT2D eigenvalue weighted by Gasteiger charge is -2.33. The van der Waals surface area contributed by atoms with Gasteiger partial charge in [-0.05, 0) is 19.1 Å². The first kappa shape index (κ1) is 16.4. The molecule has 0 aromatic heterocycles. The number of ether oxygens (including phenoxy) is 2. The number of hydrogen-bond donors (Lipinski definition) is 2. The number of rotatable bonds is 5. The number of likely N-dealkylation sites (tertiary alicyclic amines) is 1. The van der Waals surface area contributed by atoms with Gasteiger partial charge in [0.1, 0.15) is 12.1 Å². The molecule has 1 aromatic carbocycles. The van der Waals surface area contributed by atoms with Crippen LogP contribution in [0.5, 0.6) is 11.5 Å². The normalized spacial score (nSPS) is 21.1. The SMILES string of the molecule is CCOc1ccccc1OC1CCN(C(=O)C2CNC(=O)N2)CC1. The van der Waals surface area contributed by atoms with Gasteiger partial charge in [-0.3, -0.25) is 4.79 Å². The Hall–Kier alpha value is -2.44. The third-order valence-electron chi connectivity index (χ3n) is 4.27. The first-order chi connectivity index (χ1) is 11.7. The number of nitrogens with zero attached hydrogens (tertiary/aromatic N) is 1. The highest BCUT2D eigenvalue weighted by Gasteiger charge is 2.33. The summed E-state index contributed by atoms with van der Waals surface area (Å²) in [5.74, 6) is 1.47. The van der Waals surface area contributed by atoms with Crippen LogP contribution in [0.15, 0.2) is 24.3 Å². The summed E-state index contributed by atoms with van der Waals surface area (Å²) in [5.41, 5.74) is 0. The predicted molar refractivity (Wildman–Crippen MR) is 88.2 cm³/mol. The number of carbonyl (C=O) groups excluding carboxylic acids is 2. The summed E-state index contributed by atoms with van der Waals surface area (Å²) >= 11 is 0. The van der Waals surface area contributed by atoms with Crippen molar-refractivity contribution in [1.82, 2.24) is 15.5 Å². The third-order valence-corrected chi connectivity index (χ3v) is 4.27. The van der Waals surface area contributed by atoms with E-state index in [-0.39, 0.29) is 18.0 Å². The number of hydrogen-bond acceptors (Lipinski definition) is 4. The van der Waals surface area contributed by atoms with Crippen LogP contribution >= 0.6 is 0 Å². The van der Waals surface area contributed by atoms with E-state index in [2.05, 4.69) is 10.6 Å². The van der Waals surface area contributed by atoms with E-state index in [0.717, 1.165) is 24.3 Å². The zero-order chi connectivity index (χ0) is 16.9. The van der Waals surface area contributed by atoms with Crippen molar-refractivity contribution in [2.75, 3.05) is 26.2 Å². The maximum absolute atomic E-state index is 12.4. The Balaban J connectivity index is 1.52.